The number of fused-ring (bicyclic) bond motifs is 1. The molecule has 0 unspecified atom stereocenters. The Morgan fingerprint density at radius 2 is 1.91 bits per heavy atom. The molecule has 0 bridgehead atoms. The van der Waals surface area contributed by atoms with E-state index >= 15 is 0 Å². The number of sulfonamides is 1. The van der Waals surface area contributed by atoms with Crippen molar-refractivity contribution in [2.24, 2.45) is 5.92 Å². The van der Waals surface area contributed by atoms with Crippen molar-refractivity contribution in [1.82, 2.24) is 19.1 Å². The fraction of sp³-hybridized carbons (Fsp3) is 0.467. The van der Waals surface area contributed by atoms with Gasteiger partial charge < -0.3 is 0 Å². The molecule has 2 fully saturated rings. The number of para-hydroxylation sites is 1. The normalized spacial score (nSPS) is 25.5. The van der Waals surface area contributed by atoms with Gasteiger partial charge in [0.15, 0.2) is 0 Å². The van der Waals surface area contributed by atoms with E-state index in [0.29, 0.717) is 18.2 Å². The second-order valence-electron chi connectivity index (χ2n) is 5.95. The third-order valence-electron chi connectivity index (χ3n) is 4.76. The maximum absolute atomic E-state index is 13.0. The van der Waals surface area contributed by atoms with Crippen molar-refractivity contribution in [2.75, 3.05) is 6.54 Å². The molecule has 0 amide bonds. The van der Waals surface area contributed by atoms with Gasteiger partial charge in [-0.15, -0.1) is 0 Å². The van der Waals surface area contributed by atoms with Crippen molar-refractivity contribution in [1.29, 1.82) is 0 Å². The summed E-state index contributed by atoms with van der Waals surface area (Å²) in [6.45, 7) is 0.588. The lowest BCUT2D eigenvalue weighted by Crippen LogP contribution is -2.53. The third kappa shape index (κ3) is 2.07. The van der Waals surface area contributed by atoms with Crippen molar-refractivity contribution in [2.45, 2.75) is 36.9 Å². The van der Waals surface area contributed by atoms with Crippen LogP contribution in [0.1, 0.15) is 25.7 Å². The van der Waals surface area contributed by atoms with Crippen LogP contribution in [0.2, 0.25) is 0 Å². The van der Waals surface area contributed by atoms with Gasteiger partial charge in [0.1, 0.15) is 6.33 Å². The van der Waals surface area contributed by atoms with Crippen LogP contribution in [0.25, 0.3) is 5.69 Å². The molecule has 0 N–H and O–H groups in total. The zero-order valence-corrected chi connectivity index (χ0v) is 13.0. The Morgan fingerprint density at radius 1 is 1.09 bits per heavy atom. The summed E-state index contributed by atoms with van der Waals surface area (Å²) in [4.78, 5) is 4.05. The summed E-state index contributed by atoms with van der Waals surface area (Å²) >= 11 is 0. The first-order chi connectivity index (χ1) is 10.7. The van der Waals surface area contributed by atoms with E-state index in [9.17, 15) is 8.42 Å². The fourth-order valence-corrected chi connectivity index (χ4v) is 5.26. The highest BCUT2D eigenvalue weighted by molar-refractivity contribution is 7.89. The molecule has 1 aliphatic heterocycles. The van der Waals surface area contributed by atoms with Crippen molar-refractivity contribution in [3.05, 3.63) is 36.7 Å². The van der Waals surface area contributed by atoms with Gasteiger partial charge in [-0.05, 0) is 43.7 Å². The maximum atomic E-state index is 13.0. The largest absolute Gasteiger partial charge is 0.279 e. The Labute approximate surface area is 129 Å². The van der Waals surface area contributed by atoms with Gasteiger partial charge in [0.05, 0.1) is 5.69 Å². The highest BCUT2D eigenvalue weighted by Crippen LogP contribution is 2.41. The topological polar surface area (TPSA) is 68.1 Å². The Hall–Kier alpha value is -1.73. The van der Waals surface area contributed by atoms with Gasteiger partial charge in [-0.2, -0.15) is 9.40 Å². The molecule has 2 aliphatic rings. The molecule has 4 rings (SSSR count). The second-order valence-corrected chi connectivity index (χ2v) is 7.74. The van der Waals surface area contributed by atoms with Crippen LogP contribution in [0.5, 0.6) is 0 Å². The monoisotopic (exact) mass is 318 g/mol. The fourth-order valence-electron chi connectivity index (χ4n) is 3.50. The van der Waals surface area contributed by atoms with Crippen LogP contribution in [0, 0.1) is 5.92 Å². The molecule has 1 aromatic heterocycles. The number of piperidine rings is 1. The summed E-state index contributed by atoms with van der Waals surface area (Å²) in [5.74, 6) is 0.525. The first kappa shape index (κ1) is 13.9. The van der Waals surface area contributed by atoms with Crippen LogP contribution in [-0.4, -0.2) is 40.1 Å². The molecule has 22 heavy (non-hydrogen) atoms. The molecule has 116 valence electrons. The minimum Gasteiger partial charge on any atom is -0.204 e. The Bertz CT molecular complexity index is 772. The summed E-state index contributed by atoms with van der Waals surface area (Å²) in [5.41, 5.74) is 0.709. The predicted molar refractivity (Wildman–Crippen MR) is 81.0 cm³/mol. The number of benzene rings is 1. The van der Waals surface area contributed by atoms with Crippen molar-refractivity contribution < 1.29 is 8.42 Å². The van der Waals surface area contributed by atoms with Crippen LogP contribution in [0.15, 0.2) is 41.8 Å². The molecular weight excluding hydrogens is 300 g/mol. The number of nitrogens with zero attached hydrogens (tertiary/aromatic N) is 4. The minimum absolute atomic E-state index is 0.0197. The summed E-state index contributed by atoms with van der Waals surface area (Å²) in [6.07, 6.45) is 5.48. The predicted octanol–water partition coefficient (Wildman–Crippen LogP) is 1.83. The number of hydrogen-bond donors (Lipinski definition) is 0. The lowest BCUT2D eigenvalue weighted by molar-refractivity contribution is 0.0819. The van der Waals surface area contributed by atoms with E-state index in [2.05, 4.69) is 10.1 Å². The molecule has 0 spiro atoms. The van der Waals surface area contributed by atoms with Gasteiger partial charge >= 0.3 is 0 Å². The smallest absolute Gasteiger partial charge is 0.204 e. The van der Waals surface area contributed by atoms with Gasteiger partial charge in [0.25, 0.3) is 15.2 Å². The van der Waals surface area contributed by atoms with E-state index in [1.165, 1.54) is 11.0 Å². The van der Waals surface area contributed by atoms with Gasteiger partial charge in [-0.1, -0.05) is 18.2 Å². The molecule has 1 aliphatic carbocycles. The van der Waals surface area contributed by atoms with Crippen molar-refractivity contribution in [3.8, 4) is 5.69 Å². The van der Waals surface area contributed by atoms with Crippen LogP contribution >= 0.6 is 0 Å². The SMILES string of the molecule is O=S(=O)(c1ncnn1-c1ccccc1)N1CCC[C@@H]2CC[C@@H]21. The van der Waals surface area contributed by atoms with E-state index in [0.717, 1.165) is 25.7 Å². The van der Waals surface area contributed by atoms with Crippen LogP contribution in [0.3, 0.4) is 0 Å². The van der Waals surface area contributed by atoms with E-state index in [-0.39, 0.29) is 11.2 Å². The molecule has 1 aromatic carbocycles. The van der Waals surface area contributed by atoms with Crippen LogP contribution in [0.4, 0.5) is 0 Å². The first-order valence-electron chi connectivity index (χ1n) is 7.65. The Kier molecular flexibility index (Phi) is 3.27. The highest BCUT2D eigenvalue weighted by Gasteiger charge is 2.45. The average molecular weight is 318 g/mol. The Morgan fingerprint density at radius 3 is 2.64 bits per heavy atom. The van der Waals surface area contributed by atoms with E-state index in [1.807, 2.05) is 30.3 Å². The van der Waals surface area contributed by atoms with Gasteiger partial charge in [0, 0.05) is 12.6 Å². The van der Waals surface area contributed by atoms with Gasteiger partial charge in [0.2, 0.25) is 0 Å². The number of aromatic nitrogens is 3. The molecule has 2 aromatic rings. The molecule has 1 saturated heterocycles. The third-order valence-corrected chi connectivity index (χ3v) is 6.57. The highest BCUT2D eigenvalue weighted by atomic mass is 32.2. The zero-order valence-electron chi connectivity index (χ0n) is 12.2. The molecule has 2 atom stereocenters. The van der Waals surface area contributed by atoms with E-state index < -0.39 is 10.0 Å². The Balaban J connectivity index is 1.74. The molecule has 1 saturated carbocycles. The average Bonchev–Trinajstić information content (AvgIpc) is 2.99. The summed E-state index contributed by atoms with van der Waals surface area (Å²) in [7, 11) is -3.61. The lowest BCUT2D eigenvalue weighted by Gasteiger charge is -2.47. The van der Waals surface area contributed by atoms with Crippen molar-refractivity contribution in [3.63, 3.8) is 0 Å². The maximum Gasteiger partial charge on any atom is 0.279 e. The molecule has 7 heteroatoms. The second kappa shape index (κ2) is 5.17. The van der Waals surface area contributed by atoms with E-state index in [4.69, 9.17) is 0 Å². The van der Waals surface area contributed by atoms with Gasteiger partial charge in [-0.25, -0.2) is 18.1 Å². The first-order valence-corrected chi connectivity index (χ1v) is 9.09. The lowest BCUT2D eigenvalue weighted by atomic mass is 9.74. The molecule has 0 radical (unpaired) electrons. The van der Waals surface area contributed by atoms with Crippen LogP contribution in [-0.2, 0) is 10.0 Å². The quantitative estimate of drug-likeness (QED) is 0.866. The molecular formula is C15H18N4O2S. The van der Waals surface area contributed by atoms with Gasteiger partial charge in [-0.3, -0.25) is 0 Å². The van der Waals surface area contributed by atoms with E-state index in [1.54, 1.807) is 4.31 Å². The summed E-state index contributed by atoms with van der Waals surface area (Å²) < 4.78 is 29.1. The zero-order chi connectivity index (χ0) is 15.2. The molecule has 6 nitrogen and oxygen atoms in total. The number of rotatable bonds is 3. The van der Waals surface area contributed by atoms with Crippen LogP contribution < -0.4 is 0 Å². The summed E-state index contributed by atoms with van der Waals surface area (Å²) in [6, 6.07) is 9.41. The number of hydrogen-bond acceptors (Lipinski definition) is 4. The minimum atomic E-state index is -3.61. The van der Waals surface area contributed by atoms with Crippen molar-refractivity contribution >= 4 is 10.0 Å². The standard InChI is InChI=1S/C15H18N4O2S/c20-22(21,18-10-4-5-12-8-9-14(12)18)15-16-11-17-19(15)13-6-2-1-3-7-13/h1-3,6-7,11-12,14H,4-5,8-10H2/t12-,14+/m1/s1. The summed E-state index contributed by atoms with van der Waals surface area (Å²) in [5, 5.41) is 4.13. The molecule has 2 heterocycles.